The van der Waals surface area contributed by atoms with Crippen molar-refractivity contribution in [3.63, 3.8) is 0 Å². The van der Waals surface area contributed by atoms with Crippen LogP contribution in [0.25, 0.3) is 12.2 Å². The van der Waals surface area contributed by atoms with Crippen molar-refractivity contribution < 1.29 is 0 Å². The second-order valence-corrected chi connectivity index (χ2v) is 21.4. The van der Waals surface area contributed by atoms with E-state index in [1.807, 2.05) is 0 Å². The average Bonchev–Trinajstić information content (AvgIpc) is 3.24. The Morgan fingerprint density at radius 2 is 1.34 bits per heavy atom. The highest BCUT2D eigenvalue weighted by atomic mass is 28.3. The maximum absolute atomic E-state index is 3.62. The Bertz CT molecular complexity index is 1230. The van der Waals surface area contributed by atoms with Gasteiger partial charge in [-0.3, -0.25) is 10.4 Å². The molecule has 0 amide bonds. The third-order valence-corrected chi connectivity index (χ3v) is 10.5. The van der Waals surface area contributed by atoms with Crippen LogP contribution in [0.5, 0.6) is 0 Å². The predicted octanol–water partition coefficient (Wildman–Crippen LogP) is 6.78. The van der Waals surface area contributed by atoms with E-state index in [4.69, 9.17) is 0 Å². The summed E-state index contributed by atoms with van der Waals surface area (Å²) in [5.41, 5.74) is 8.45. The zero-order valence-corrected chi connectivity index (χ0v) is 23.9. The van der Waals surface area contributed by atoms with Gasteiger partial charge in [-0.25, -0.2) is 0 Å². The van der Waals surface area contributed by atoms with Crippen LogP contribution in [0, 0.1) is 0 Å². The highest BCUT2D eigenvalue weighted by Crippen LogP contribution is 2.23. The standard InChI is InChI=1S/C31H38N2Si2/c1-34(2,3)30-22-17-25(18-23-30)16-21-29-24-27(32-33(29)28-13-8-7-9-14-28)20-19-26-12-10-11-15-31(26)35(4,5)6/h7-24,29,32H,1-6H3. The number of hydrogen-bond acceptors (Lipinski definition) is 2. The minimum absolute atomic E-state index is 0.126. The number of nitrogens with zero attached hydrogens (tertiary/aromatic N) is 1. The molecular formula is C31H38N2Si2. The molecule has 0 aromatic heterocycles. The second-order valence-electron chi connectivity index (χ2n) is 11.3. The van der Waals surface area contributed by atoms with Gasteiger partial charge in [0.15, 0.2) is 0 Å². The van der Waals surface area contributed by atoms with Gasteiger partial charge in [0.25, 0.3) is 0 Å². The van der Waals surface area contributed by atoms with E-state index in [-0.39, 0.29) is 6.04 Å². The van der Waals surface area contributed by atoms with Crippen molar-refractivity contribution >= 4 is 44.4 Å². The maximum atomic E-state index is 3.62. The fourth-order valence-corrected chi connectivity index (χ4v) is 7.17. The summed E-state index contributed by atoms with van der Waals surface area (Å²) in [5.74, 6) is 0. The van der Waals surface area contributed by atoms with Crippen molar-refractivity contribution in [1.82, 2.24) is 5.43 Å². The Hall–Kier alpha value is -3.09. The first kappa shape index (κ1) is 25.0. The third-order valence-electron chi connectivity index (χ3n) is 6.41. The minimum Gasteiger partial charge on any atom is -0.298 e. The van der Waals surface area contributed by atoms with Crippen LogP contribution in [-0.2, 0) is 0 Å². The molecule has 0 saturated carbocycles. The smallest absolute Gasteiger partial charge is 0.0892 e. The van der Waals surface area contributed by atoms with E-state index in [2.05, 4.69) is 159 Å². The molecule has 180 valence electrons. The molecule has 35 heavy (non-hydrogen) atoms. The van der Waals surface area contributed by atoms with Gasteiger partial charge in [-0.1, -0.05) is 135 Å². The van der Waals surface area contributed by atoms with E-state index in [1.165, 1.54) is 21.5 Å². The minimum atomic E-state index is -1.41. The van der Waals surface area contributed by atoms with Crippen LogP contribution in [0.3, 0.4) is 0 Å². The van der Waals surface area contributed by atoms with E-state index in [0.29, 0.717) is 0 Å². The van der Waals surface area contributed by atoms with Crippen LogP contribution in [0.2, 0.25) is 39.3 Å². The lowest BCUT2D eigenvalue weighted by atomic mass is 10.1. The van der Waals surface area contributed by atoms with Gasteiger partial charge in [-0.15, -0.1) is 0 Å². The largest absolute Gasteiger partial charge is 0.298 e. The van der Waals surface area contributed by atoms with Gasteiger partial charge in [0.1, 0.15) is 0 Å². The first-order chi connectivity index (χ1) is 16.6. The Morgan fingerprint density at radius 3 is 2.00 bits per heavy atom. The molecule has 4 rings (SSSR count). The van der Waals surface area contributed by atoms with Gasteiger partial charge >= 0.3 is 0 Å². The highest BCUT2D eigenvalue weighted by molar-refractivity contribution is 6.89. The quantitative estimate of drug-likeness (QED) is 0.364. The molecule has 1 unspecified atom stereocenters. The lowest BCUT2D eigenvalue weighted by Gasteiger charge is -2.25. The summed E-state index contributed by atoms with van der Waals surface area (Å²) in [6, 6.07) is 28.6. The molecule has 0 spiro atoms. The van der Waals surface area contributed by atoms with Crippen molar-refractivity contribution in [3.05, 3.63) is 114 Å². The van der Waals surface area contributed by atoms with Crippen LogP contribution in [0.4, 0.5) is 5.69 Å². The summed E-state index contributed by atoms with van der Waals surface area (Å²) < 4.78 is 0. The van der Waals surface area contributed by atoms with E-state index in [1.54, 1.807) is 0 Å². The molecule has 0 saturated heterocycles. The molecule has 3 aromatic rings. The molecule has 0 radical (unpaired) electrons. The van der Waals surface area contributed by atoms with Crippen LogP contribution >= 0.6 is 0 Å². The first-order valence-corrected chi connectivity index (χ1v) is 19.5. The SMILES string of the molecule is C[Si](C)(C)c1ccc(C=CC2C=C(C=Cc3ccccc3[Si](C)(C)C)NN2c2ccccc2)cc1. The fourth-order valence-electron chi connectivity index (χ4n) is 4.38. The van der Waals surface area contributed by atoms with E-state index < -0.39 is 16.1 Å². The van der Waals surface area contributed by atoms with Crippen molar-refractivity contribution in [2.75, 3.05) is 5.01 Å². The van der Waals surface area contributed by atoms with Crippen molar-refractivity contribution in [1.29, 1.82) is 0 Å². The average molecular weight is 495 g/mol. The topological polar surface area (TPSA) is 15.3 Å². The summed E-state index contributed by atoms with van der Waals surface area (Å²) in [6.07, 6.45) is 11.3. The number of anilines is 1. The molecule has 1 aliphatic heterocycles. The summed E-state index contributed by atoms with van der Waals surface area (Å²) in [4.78, 5) is 0. The molecular weight excluding hydrogens is 457 g/mol. The molecule has 4 heteroatoms. The number of nitrogens with one attached hydrogen (secondary N) is 1. The van der Waals surface area contributed by atoms with Gasteiger partial charge in [0.05, 0.1) is 33.6 Å². The van der Waals surface area contributed by atoms with Gasteiger partial charge in [0.2, 0.25) is 0 Å². The van der Waals surface area contributed by atoms with Gasteiger partial charge in [0, 0.05) is 0 Å². The van der Waals surface area contributed by atoms with Crippen LogP contribution in [0.15, 0.2) is 103 Å². The molecule has 0 fully saturated rings. The first-order valence-electron chi connectivity index (χ1n) is 12.5. The van der Waals surface area contributed by atoms with E-state index in [0.717, 1.165) is 11.4 Å². The van der Waals surface area contributed by atoms with E-state index >= 15 is 0 Å². The van der Waals surface area contributed by atoms with Crippen LogP contribution in [-0.4, -0.2) is 22.2 Å². The van der Waals surface area contributed by atoms with Crippen LogP contribution in [0.1, 0.15) is 11.1 Å². The van der Waals surface area contributed by atoms with Crippen molar-refractivity contribution in [3.8, 4) is 0 Å². The Balaban J connectivity index is 1.59. The highest BCUT2D eigenvalue weighted by Gasteiger charge is 2.22. The fraction of sp³-hybridized carbons (Fsp3) is 0.226. The summed E-state index contributed by atoms with van der Waals surface area (Å²) in [5, 5.41) is 5.22. The number of para-hydroxylation sites is 1. The van der Waals surface area contributed by atoms with Gasteiger partial charge in [-0.05, 0) is 35.4 Å². The maximum Gasteiger partial charge on any atom is 0.0892 e. The lowest BCUT2D eigenvalue weighted by molar-refractivity contribution is 0.758. The number of hydrazine groups is 1. The zero-order chi connectivity index (χ0) is 25.1. The van der Waals surface area contributed by atoms with E-state index in [9.17, 15) is 0 Å². The van der Waals surface area contributed by atoms with Gasteiger partial charge < -0.3 is 0 Å². The normalized spacial score (nSPS) is 16.7. The summed E-state index contributed by atoms with van der Waals surface area (Å²) in [7, 11) is -2.69. The summed E-state index contributed by atoms with van der Waals surface area (Å²) >= 11 is 0. The Morgan fingerprint density at radius 1 is 0.686 bits per heavy atom. The molecule has 1 N–H and O–H groups in total. The Kier molecular flexibility index (Phi) is 7.34. The molecule has 1 atom stereocenters. The molecule has 1 aliphatic rings. The zero-order valence-electron chi connectivity index (χ0n) is 21.9. The number of rotatable bonds is 7. The van der Waals surface area contributed by atoms with Crippen molar-refractivity contribution in [2.24, 2.45) is 0 Å². The van der Waals surface area contributed by atoms with Crippen LogP contribution < -0.4 is 20.8 Å². The van der Waals surface area contributed by atoms with Gasteiger partial charge in [-0.2, -0.15) is 0 Å². The third kappa shape index (κ3) is 6.33. The molecule has 3 aromatic carbocycles. The molecule has 0 aliphatic carbocycles. The molecule has 1 heterocycles. The number of hydrogen-bond donors (Lipinski definition) is 1. The predicted molar refractivity (Wildman–Crippen MR) is 161 cm³/mol. The monoisotopic (exact) mass is 494 g/mol. The molecule has 2 nitrogen and oxygen atoms in total. The number of benzene rings is 3. The summed E-state index contributed by atoms with van der Waals surface area (Å²) in [6.45, 7) is 14.4. The second kappa shape index (κ2) is 10.3. The van der Waals surface area contributed by atoms with Crippen molar-refractivity contribution in [2.45, 2.75) is 45.3 Å². The lowest BCUT2D eigenvalue weighted by Crippen LogP contribution is -2.39. The number of allylic oxidation sites excluding steroid dienone is 1. The molecule has 0 bridgehead atoms. The Labute approximate surface area is 213 Å².